The number of hydrogen-bond donors (Lipinski definition) is 1. The van der Waals surface area contributed by atoms with E-state index < -0.39 is 5.60 Å². The molecule has 0 spiro atoms. The van der Waals surface area contributed by atoms with Crippen molar-refractivity contribution in [3.63, 3.8) is 0 Å². The molecule has 12 heavy (non-hydrogen) atoms. The van der Waals surface area contributed by atoms with Gasteiger partial charge in [-0.2, -0.15) is 0 Å². The van der Waals surface area contributed by atoms with Gasteiger partial charge in [-0.3, -0.25) is 4.99 Å². The molecule has 0 aromatic rings. The molecule has 0 heterocycles. The zero-order valence-corrected chi connectivity index (χ0v) is 10.2. The van der Waals surface area contributed by atoms with Gasteiger partial charge >= 0.3 is 0 Å². The smallest absolute Gasteiger partial charge is 0.101 e. The maximum absolute atomic E-state index is 9.90. The van der Waals surface area contributed by atoms with E-state index in [0.717, 1.165) is 25.1 Å². The summed E-state index contributed by atoms with van der Waals surface area (Å²) in [5.74, 6) is 0. The van der Waals surface area contributed by atoms with Crippen molar-refractivity contribution >= 4 is 5.71 Å². The van der Waals surface area contributed by atoms with Crippen LogP contribution in [0.5, 0.6) is 0 Å². The molecule has 1 N–H and O–H groups in total. The third kappa shape index (κ3) is 4.21. The fraction of sp³-hybridized carbons (Fsp3) is 0.889. The summed E-state index contributed by atoms with van der Waals surface area (Å²) in [5.41, 5.74) is 0.209. The second kappa shape index (κ2) is 7.30. The molecule has 3 heteroatoms. The molecule has 2 nitrogen and oxygen atoms in total. The third-order valence-electron chi connectivity index (χ3n) is 2.24. The van der Waals surface area contributed by atoms with Gasteiger partial charge in [-0.1, -0.05) is 13.8 Å². The zero-order valence-electron chi connectivity index (χ0n) is 8.30. The number of aliphatic hydroxyl groups is 1. The van der Waals surface area contributed by atoms with E-state index in [1.165, 1.54) is 0 Å². The average molecular weight is 325 g/mol. The van der Waals surface area contributed by atoms with Crippen LogP contribution in [0.3, 0.4) is 0 Å². The minimum atomic E-state index is -0.657. The van der Waals surface area contributed by atoms with Crippen LogP contribution in [0.2, 0.25) is 0 Å². The molecule has 0 atom stereocenters. The normalized spacial score (nSPS) is 12.6. The fourth-order valence-corrected chi connectivity index (χ4v) is 1.15. The van der Waals surface area contributed by atoms with Gasteiger partial charge in [-0.15, -0.1) is 0 Å². The Kier molecular flexibility index (Phi) is 9.34. The van der Waals surface area contributed by atoms with Crippen molar-refractivity contribution in [3.05, 3.63) is 0 Å². The van der Waals surface area contributed by atoms with Gasteiger partial charge in [-0.05, 0) is 26.7 Å². The van der Waals surface area contributed by atoms with Crippen molar-refractivity contribution < 1.29 is 42.4 Å². The zero-order chi connectivity index (χ0) is 8.91. The van der Waals surface area contributed by atoms with E-state index in [-0.39, 0.29) is 37.3 Å². The van der Waals surface area contributed by atoms with Crippen LogP contribution < -0.4 is 0 Å². The van der Waals surface area contributed by atoms with Crippen molar-refractivity contribution in [3.8, 4) is 0 Å². The Morgan fingerprint density at radius 3 is 1.92 bits per heavy atom. The van der Waals surface area contributed by atoms with Gasteiger partial charge in [0.15, 0.2) is 0 Å². The van der Waals surface area contributed by atoms with Crippen molar-refractivity contribution in [1.82, 2.24) is 0 Å². The van der Waals surface area contributed by atoms with Gasteiger partial charge in [-0.25, -0.2) is 0 Å². The minimum Gasteiger partial charge on any atom is -0.384 e. The monoisotopic (exact) mass is 323 g/mol. The number of rotatable bonds is 4. The second-order valence-corrected chi connectivity index (χ2v) is 2.80. The first-order valence-electron chi connectivity index (χ1n) is 4.34. The Balaban J connectivity index is 0. The van der Waals surface area contributed by atoms with E-state index >= 15 is 0 Å². The van der Waals surface area contributed by atoms with E-state index in [0.29, 0.717) is 0 Å². The Morgan fingerprint density at radius 2 is 1.67 bits per heavy atom. The van der Waals surface area contributed by atoms with Crippen LogP contribution >= 0.6 is 0 Å². The van der Waals surface area contributed by atoms with Crippen molar-refractivity contribution in [1.29, 1.82) is 0 Å². The van der Waals surface area contributed by atoms with Gasteiger partial charge in [0, 0.05) is 49.6 Å². The molecule has 0 unspecified atom stereocenters. The molecule has 0 aromatic carbocycles. The first-order valence-corrected chi connectivity index (χ1v) is 4.34. The largest absolute Gasteiger partial charge is 0.384 e. The van der Waals surface area contributed by atoms with E-state index in [2.05, 4.69) is 4.99 Å². The van der Waals surface area contributed by atoms with Gasteiger partial charge in [0.2, 0.25) is 0 Å². The summed E-state index contributed by atoms with van der Waals surface area (Å²) in [6, 6.07) is 0. The molecule has 0 aliphatic carbocycles. The van der Waals surface area contributed by atoms with Crippen molar-refractivity contribution in [2.45, 2.75) is 46.1 Å². The molecule has 0 saturated heterocycles. The van der Waals surface area contributed by atoms with Crippen LogP contribution in [0.25, 0.3) is 0 Å². The summed E-state index contributed by atoms with van der Waals surface area (Å²) >= 11 is 0. The van der Waals surface area contributed by atoms with Crippen LogP contribution in [0.4, 0.5) is 0 Å². The molecule has 0 aliphatic rings. The summed E-state index contributed by atoms with van der Waals surface area (Å²) in [6.07, 6.45) is 1.50. The van der Waals surface area contributed by atoms with Crippen LogP contribution in [-0.2, 0) is 0 Å². The van der Waals surface area contributed by atoms with E-state index in [9.17, 15) is 5.11 Å². The molecular weight excluding hydrogens is 305 g/mol. The molecule has 0 bridgehead atoms. The quantitative estimate of drug-likeness (QED) is 0.789. The van der Waals surface area contributed by atoms with Crippen LogP contribution in [0.15, 0.2) is 4.99 Å². The standard InChI is InChI=1S/C9H19NO.Er/c1-5-9(11,6-2)8(4)10-7-3;/h11H,5-7H2,1-4H3;. The SMILES string of the molecule is CCN=C(C)C(O)(CC)CC.[Er]. The van der Waals surface area contributed by atoms with Crippen LogP contribution in [0.1, 0.15) is 40.5 Å². The first-order chi connectivity index (χ1) is 5.10. The summed E-state index contributed by atoms with van der Waals surface area (Å²) in [7, 11) is 0. The van der Waals surface area contributed by atoms with Crippen LogP contribution in [-0.4, -0.2) is 23.0 Å². The van der Waals surface area contributed by atoms with E-state index in [1.54, 1.807) is 0 Å². The third-order valence-corrected chi connectivity index (χ3v) is 2.24. The topological polar surface area (TPSA) is 32.6 Å². The van der Waals surface area contributed by atoms with E-state index in [4.69, 9.17) is 0 Å². The number of aliphatic imine (C=N–C) groups is 1. The molecule has 0 amide bonds. The van der Waals surface area contributed by atoms with Gasteiger partial charge in [0.05, 0.1) is 0 Å². The summed E-state index contributed by atoms with van der Waals surface area (Å²) in [5, 5.41) is 9.90. The Hall–Kier alpha value is 0.877. The van der Waals surface area contributed by atoms with Crippen LogP contribution in [0, 0.1) is 37.3 Å². The predicted molar refractivity (Wildman–Crippen MR) is 49.2 cm³/mol. The summed E-state index contributed by atoms with van der Waals surface area (Å²) < 4.78 is 0. The first kappa shape index (κ1) is 15.4. The summed E-state index contributed by atoms with van der Waals surface area (Å²) in [4.78, 5) is 4.20. The Morgan fingerprint density at radius 1 is 1.25 bits per heavy atom. The fourth-order valence-electron chi connectivity index (χ4n) is 1.15. The maximum atomic E-state index is 9.90. The maximum Gasteiger partial charge on any atom is 0.101 e. The molecular formula is C9H19ErNO. The number of hydrogen-bond acceptors (Lipinski definition) is 2. The number of nitrogens with zero attached hydrogens (tertiary/aromatic N) is 1. The molecule has 78 valence electrons. The van der Waals surface area contributed by atoms with Gasteiger partial charge in [0.25, 0.3) is 0 Å². The van der Waals surface area contributed by atoms with Gasteiger partial charge in [0.1, 0.15) is 5.60 Å². The molecule has 0 radical (unpaired) electrons. The van der Waals surface area contributed by atoms with Gasteiger partial charge < -0.3 is 5.11 Å². The second-order valence-electron chi connectivity index (χ2n) is 2.80. The molecule has 0 saturated carbocycles. The molecule has 0 rings (SSSR count). The Bertz CT molecular complexity index is 141. The summed E-state index contributed by atoms with van der Waals surface area (Å²) in [6.45, 7) is 8.61. The molecule has 0 aliphatic heterocycles. The van der Waals surface area contributed by atoms with Crippen molar-refractivity contribution in [2.24, 2.45) is 4.99 Å². The minimum absolute atomic E-state index is 0. The molecule has 0 aromatic heterocycles. The van der Waals surface area contributed by atoms with E-state index in [1.807, 2.05) is 27.7 Å². The molecule has 0 fully saturated rings. The van der Waals surface area contributed by atoms with Crippen molar-refractivity contribution in [2.75, 3.05) is 6.54 Å². The average Bonchev–Trinajstić information content (AvgIpc) is 2.03. The Labute approximate surface area is 105 Å². The predicted octanol–water partition coefficient (Wildman–Crippen LogP) is 2.02.